The third kappa shape index (κ3) is 3.65. The fraction of sp³-hybridized carbons (Fsp3) is 0.250. The van der Waals surface area contributed by atoms with Crippen LogP contribution in [0.25, 0.3) is 6.08 Å². The Kier molecular flexibility index (Phi) is 4.30. The molecule has 0 aliphatic carbocycles. The summed E-state index contributed by atoms with van der Waals surface area (Å²) in [4.78, 5) is 36.0. The summed E-state index contributed by atoms with van der Waals surface area (Å²) >= 11 is 1.49. The van der Waals surface area contributed by atoms with Crippen molar-refractivity contribution >= 4 is 35.3 Å². The lowest BCUT2D eigenvalue weighted by molar-refractivity contribution is -0.146. The van der Waals surface area contributed by atoms with Gasteiger partial charge in [-0.25, -0.2) is 9.59 Å². The first-order valence-electron chi connectivity index (χ1n) is 5.63. The lowest BCUT2D eigenvalue weighted by Crippen LogP contribution is -2.37. The molecule has 0 bridgehead atoms. The number of imide groups is 1. The van der Waals surface area contributed by atoms with Gasteiger partial charge in [0.15, 0.2) is 6.61 Å². The molecule has 1 N–H and O–H groups in total. The monoisotopic (exact) mass is 280 g/mol. The minimum absolute atomic E-state index is 0.306. The van der Waals surface area contributed by atoms with Gasteiger partial charge < -0.3 is 10.1 Å². The fourth-order valence-electron chi connectivity index (χ4n) is 1.50. The van der Waals surface area contributed by atoms with Gasteiger partial charge in [-0.1, -0.05) is 6.07 Å². The molecule has 6 nitrogen and oxygen atoms in total. The summed E-state index contributed by atoms with van der Waals surface area (Å²) in [5.74, 6) is -1.13. The third-order valence-corrected chi connectivity index (χ3v) is 3.26. The van der Waals surface area contributed by atoms with Crippen molar-refractivity contribution in [3.05, 3.63) is 28.5 Å². The largest absolute Gasteiger partial charge is 0.452 e. The van der Waals surface area contributed by atoms with Crippen LogP contribution in [0.15, 0.2) is 23.6 Å². The Morgan fingerprint density at radius 3 is 3.00 bits per heavy atom. The summed E-state index contributed by atoms with van der Waals surface area (Å²) in [5.41, 5.74) is 0. The molecule has 1 fully saturated rings. The average Bonchev–Trinajstić information content (AvgIpc) is 3.04. The lowest BCUT2D eigenvalue weighted by atomic mass is 10.4. The minimum Gasteiger partial charge on any atom is -0.452 e. The van der Waals surface area contributed by atoms with Gasteiger partial charge in [-0.05, 0) is 17.5 Å². The Labute approximate surface area is 113 Å². The van der Waals surface area contributed by atoms with Gasteiger partial charge in [-0.15, -0.1) is 11.3 Å². The van der Waals surface area contributed by atoms with E-state index in [1.807, 2.05) is 17.5 Å². The molecule has 0 saturated carbocycles. The zero-order valence-electron chi connectivity index (χ0n) is 10.00. The summed E-state index contributed by atoms with van der Waals surface area (Å²) in [7, 11) is 0. The van der Waals surface area contributed by atoms with Gasteiger partial charge in [0.2, 0.25) is 0 Å². The molecule has 1 aliphatic rings. The van der Waals surface area contributed by atoms with E-state index in [-0.39, 0.29) is 0 Å². The van der Waals surface area contributed by atoms with Crippen molar-refractivity contribution in [1.82, 2.24) is 10.2 Å². The number of carbonyl (C=O) groups is 3. The van der Waals surface area contributed by atoms with Crippen LogP contribution >= 0.6 is 11.3 Å². The van der Waals surface area contributed by atoms with Crippen molar-refractivity contribution in [2.75, 3.05) is 19.7 Å². The summed E-state index contributed by atoms with van der Waals surface area (Å²) in [5, 5.41) is 4.38. The van der Waals surface area contributed by atoms with E-state index in [2.05, 4.69) is 5.32 Å². The van der Waals surface area contributed by atoms with Crippen LogP contribution in [0.3, 0.4) is 0 Å². The van der Waals surface area contributed by atoms with Crippen molar-refractivity contribution in [1.29, 1.82) is 0 Å². The maximum atomic E-state index is 11.6. The van der Waals surface area contributed by atoms with Gasteiger partial charge in [0, 0.05) is 24.0 Å². The highest BCUT2D eigenvalue weighted by atomic mass is 32.1. The molecule has 0 unspecified atom stereocenters. The number of amides is 3. The van der Waals surface area contributed by atoms with Crippen LogP contribution in [0.1, 0.15) is 4.88 Å². The number of ether oxygens (including phenoxy) is 1. The molecule has 1 aromatic rings. The van der Waals surface area contributed by atoms with Gasteiger partial charge in [0.1, 0.15) is 0 Å². The molecule has 0 radical (unpaired) electrons. The van der Waals surface area contributed by atoms with Gasteiger partial charge in [0.25, 0.3) is 5.91 Å². The molecule has 7 heteroatoms. The van der Waals surface area contributed by atoms with Crippen LogP contribution in [0, 0.1) is 0 Å². The number of nitrogens with one attached hydrogen (secondary N) is 1. The van der Waals surface area contributed by atoms with E-state index in [0.29, 0.717) is 13.1 Å². The van der Waals surface area contributed by atoms with E-state index >= 15 is 0 Å². The molecule has 2 heterocycles. The number of rotatable bonds is 4. The number of esters is 1. The highest BCUT2D eigenvalue weighted by molar-refractivity contribution is 7.10. The molecule has 1 saturated heterocycles. The second kappa shape index (κ2) is 6.14. The molecule has 100 valence electrons. The number of thiophene rings is 1. The van der Waals surface area contributed by atoms with E-state index in [4.69, 9.17) is 4.74 Å². The Bertz CT molecular complexity index is 510. The summed E-state index contributed by atoms with van der Waals surface area (Å²) < 4.78 is 4.77. The molecule has 0 aromatic carbocycles. The Balaban J connectivity index is 1.77. The number of hydrogen-bond acceptors (Lipinski definition) is 5. The maximum Gasteiger partial charge on any atom is 0.331 e. The number of nitrogens with zero attached hydrogens (tertiary/aromatic N) is 1. The zero-order chi connectivity index (χ0) is 13.7. The molecule has 0 spiro atoms. The number of hydrogen-bond donors (Lipinski definition) is 1. The predicted octanol–water partition coefficient (Wildman–Crippen LogP) is 0.856. The van der Waals surface area contributed by atoms with Crippen LogP contribution in [-0.4, -0.2) is 42.5 Å². The van der Waals surface area contributed by atoms with Crippen LogP contribution in [0.5, 0.6) is 0 Å². The van der Waals surface area contributed by atoms with Gasteiger partial charge in [-0.2, -0.15) is 0 Å². The topological polar surface area (TPSA) is 75.7 Å². The Hall–Kier alpha value is -2.15. The molecule has 1 aliphatic heterocycles. The first-order valence-corrected chi connectivity index (χ1v) is 6.51. The first-order chi connectivity index (χ1) is 9.16. The Morgan fingerprint density at radius 2 is 2.37 bits per heavy atom. The van der Waals surface area contributed by atoms with Crippen LogP contribution in [0.2, 0.25) is 0 Å². The lowest BCUT2D eigenvalue weighted by Gasteiger charge is -2.11. The molecule has 2 rings (SSSR count). The van der Waals surface area contributed by atoms with E-state index < -0.39 is 24.5 Å². The van der Waals surface area contributed by atoms with Crippen molar-refractivity contribution in [2.24, 2.45) is 0 Å². The fourth-order valence-corrected chi connectivity index (χ4v) is 2.12. The molecular formula is C12H12N2O4S. The van der Waals surface area contributed by atoms with E-state index in [1.165, 1.54) is 17.4 Å². The molecule has 3 amide bonds. The standard InChI is InChI=1S/C12H12N2O4S/c15-10(14-6-5-13-12(14)17)8-18-11(16)4-3-9-2-1-7-19-9/h1-4,7H,5-6,8H2,(H,13,17)/b4-3+. The van der Waals surface area contributed by atoms with Gasteiger partial charge in [-0.3, -0.25) is 9.69 Å². The average molecular weight is 280 g/mol. The number of carbonyl (C=O) groups excluding carboxylic acids is 3. The normalized spacial score (nSPS) is 14.7. The van der Waals surface area contributed by atoms with Gasteiger partial charge in [0.05, 0.1) is 0 Å². The molecule has 0 atom stereocenters. The van der Waals surface area contributed by atoms with E-state index in [9.17, 15) is 14.4 Å². The quantitative estimate of drug-likeness (QED) is 0.655. The number of urea groups is 1. The molecular weight excluding hydrogens is 268 g/mol. The summed E-state index contributed by atoms with van der Waals surface area (Å²) in [6.45, 7) is 0.304. The molecule has 19 heavy (non-hydrogen) atoms. The summed E-state index contributed by atoms with van der Waals surface area (Å²) in [6, 6.07) is 3.27. The van der Waals surface area contributed by atoms with Crippen molar-refractivity contribution < 1.29 is 19.1 Å². The predicted molar refractivity (Wildman–Crippen MR) is 69.4 cm³/mol. The van der Waals surface area contributed by atoms with E-state index in [1.54, 1.807) is 6.08 Å². The Morgan fingerprint density at radius 1 is 1.53 bits per heavy atom. The van der Waals surface area contributed by atoms with Crippen LogP contribution in [0.4, 0.5) is 4.79 Å². The van der Waals surface area contributed by atoms with Crippen molar-refractivity contribution in [2.45, 2.75) is 0 Å². The highest BCUT2D eigenvalue weighted by Gasteiger charge is 2.26. The van der Waals surface area contributed by atoms with Crippen molar-refractivity contribution in [3.63, 3.8) is 0 Å². The zero-order valence-corrected chi connectivity index (χ0v) is 10.8. The highest BCUT2D eigenvalue weighted by Crippen LogP contribution is 2.10. The van der Waals surface area contributed by atoms with Crippen LogP contribution in [-0.2, 0) is 14.3 Å². The second-order valence-corrected chi connectivity index (χ2v) is 4.71. The summed E-state index contributed by atoms with van der Waals surface area (Å²) in [6.07, 6.45) is 2.86. The smallest absolute Gasteiger partial charge is 0.331 e. The minimum atomic E-state index is -0.610. The third-order valence-electron chi connectivity index (χ3n) is 2.42. The van der Waals surface area contributed by atoms with Crippen LogP contribution < -0.4 is 5.32 Å². The first kappa shape index (κ1) is 13.3. The van der Waals surface area contributed by atoms with Crippen molar-refractivity contribution in [3.8, 4) is 0 Å². The van der Waals surface area contributed by atoms with E-state index in [0.717, 1.165) is 9.78 Å². The van der Waals surface area contributed by atoms with Gasteiger partial charge >= 0.3 is 12.0 Å². The molecule has 1 aromatic heterocycles. The second-order valence-electron chi connectivity index (χ2n) is 3.73. The SMILES string of the molecule is O=C(/C=C/c1cccs1)OCC(=O)N1CCNC1=O. The maximum absolute atomic E-state index is 11.6.